The zero-order valence-corrected chi connectivity index (χ0v) is 10.6. The van der Waals surface area contributed by atoms with E-state index in [0.717, 1.165) is 18.4 Å². The van der Waals surface area contributed by atoms with Crippen molar-refractivity contribution in [1.29, 1.82) is 0 Å². The molecule has 0 spiro atoms. The first-order valence-electron chi connectivity index (χ1n) is 4.85. The molecule has 0 bridgehead atoms. The number of halogens is 4. The molecule has 1 aromatic rings. The van der Waals surface area contributed by atoms with Crippen LogP contribution in [0.2, 0.25) is 0 Å². The van der Waals surface area contributed by atoms with Gasteiger partial charge in [-0.2, -0.15) is 8.78 Å². The predicted molar refractivity (Wildman–Crippen MR) is 60.0 cm³/mol. The molecule has 0 unspecified atom stereocenters. The van der Waals surface area contributed by atoms with Crippen LogP contribution in [0.5, 0.6) is 0 Å². The van der Waals surface area contributed by atoms with Crippen LogP contribution in [0.3, 0.4) is 0 Å². The molecule has 1 rings (SSSR count). The average molecular weight is 299 g/mol. The molecule has 0 aliphatic heterocycles. The van der Waals surface area contributed by atoms with Crippen molar-refractivity contribution in [3.05, 3.63) is 15.8 Å². The molecule has 106 valence electrons. The van der Waals surface area contributed by atoms with Crippen molar-refractivity contribution in [3.63, 3.8) is 0 Å². The summed E-state index contributed by atoms with van der Waals surface area (Å²) in [5.41, 5.74) is 0.0472. The summed E-state index contributed by atoms with van der Waals surface area (Å²) in [6, 6.07) is 0. The summed E-state index contributed by atoms with van der Waals surface area (Å²) in [6.07, 6.45) is -4.13. The Morgan fingerprint density at radius 1 is 1.42 bits per heavy atom. The van der Waals surface area contributed by atoms with Crippen LogP contribution < -0.4 is 5.32 Å². The smallest absolute Gasteiger partial charge is 0.383 e. The Morgan fingerprint density at radius 3 is 2.47 bits per heavy atom. The highest BCUT2D eigenvalue weighted by Gasteiger charge is 2.49. The van der Waals surface area contributed by atoms with Crippen molar-refractivity contribution in [3.8, 4) is 0 Å². The number of ether oxygens (including phenoxy) is 1. The normalized spacial score (nSPS) is 11.5. The molecule has 1 amide bonds. The number of esters is 1. The maximum absolute atomic E-state index is 12.8. The molecule has 0 aromatic carbocycles. The van der Waals surface area contributed by atoms with Crippen LogP contribution in [0.25, 0.3) is 0 Å². The number of anilines is 1. The number of methoxy groups -OCH3 is 1. The lowest BCUT2D eigenvalue weighted by atomic mass is 10.2. The van der Waals surface area contributed by atoms with Gasteiger partial charge in [0.05, 0.1) is 12.8 Å². The Labute approximate surface area is 109 Å². The van der Waals surface area contributed by atoms with Crippen molar-refractivity contribution in [2.75, 3.05) is 12.4 Å². The zero-order valence-electron chi connectivity index (χ0n) is 9.80. The minimum Gasteiger partial charge on any atom is -0.465 e. The van der Waals surface area contributed by atoms with E-state index in [2.05, 4.69) is 4.74 Å². The number of carbonyl (C=O) groups is 2. The second-order valence-corrected chi connectivity index (χ2v) is 4.37. The van der Waals surface area contributed by atoms with Crippen LogP contribution >= 0.6 is 11.3 Å². The summed E-state index contributed by atoms with van der Waals surface area (Å²) in [4.78, 5) is 22.3. The van der Waals surface area contributed by atoms with Gasteiger partial charge in [0.2, 0.25) is 0 Å². The van der Waals surface area contributed by atoms with E-state index in [0.29, 0.717) is 5.56 Å². The lowest BCUT2D eigenvalue weighted by molar-refractivity contribution is -0.163. The Hall–Kier alpha value is -1.64. The van der Waals surface area contributed by atoms with Crippen LogP contribution in [0.1, 0.15) is 15.2 Å². The van der Waals surface area contributed by atoms with Gasteiger partial charge in [-0.3, -0.25) is 4.79 Å². The van der Waals surface area contributed by atoms with Crippen molar-refractivity contribution >= 4 is 28.9 Å². The number of aryl methyl sites for hydroxylation is 1. The van der Waals surface area contributed by atoms with Crippen LogP contribution in [-0.2, 0) is 9.53 Å². The second kappa shape index (κ2) is 5.55. The summed E-state index contributed by atoms with van der Waals surface area (Å²) in [6.45, 7) is 1.43. The number of carbonyl (C=O) groups excluding carboxylic acids is 2. The first-order valence-corrected chi connectivity index (χ1v) is 5.73. The number of hydrogen-bond acceptors (Lipinski definition) is 4. The second-order valence-electron chi connectivity index (χ2n) is 3.49. The predicted octanol–water partition coefficient (Wildman–Crippen LogP) is 2.68. The molecule has 0 saturated carbocycles. The highest BCUT2D eigenvalue weighted by Crippen LogP contribution is 2.31. The molecular weight excluding hydrogens is 290 g/mol. The quantitative estimate of drug-likeness (QED) is 0.687. The molecule has 0 aliphatic carbocycles. The third-order valence-electron chi connectivity index (χ3n) is 2.16. The molecule has 1 heterocycles. The summed E-state index contributed by atoms with van der Waals surface area (Å²) in [7, 11) is 1.07. The van der Waals surface area contributed by atoms with E-state index in [4.69, 9.17) is 0 Å². The van der Waals surface area contributed by atoms with Gasteiger partial charge in [-0.25, -0.2) is 13.6 Å². The fourth-order valence-electron chi connectivity index (χ4n) is 1.14. The molecule has 1 N–H and O–H groups in total. The fraction of sp³-hybridized carbons (Fsp3) is 0.400. The standard InChI is InChI=1S/C10H9F4NO3S/c1-4-3-19-6(7(16)18-2)5(4)15-9(17)10(13,14)8(11)12/h3,8H,1-2H3,(H,15,17). The monoisotopic (exact) mass is 299 g/mol. The third-order valence-corrected chi connectivity index (χ3v) is 3.24. The van der Waals surface area contributed by atoms with E-state index < -0.39 is 24.2 Å². The first kappa shape index (κ1) is 15.4. The average Bonchev–Trinajstić information content (AvgIpc) is 2.70. The summed E-state index contributed by atoms with van der Waals surface area (Å²) >= 11 is 0.848. The SMILES string of the molecule is COC(=O)c1scc(C)c1NC(=O)C(F)(F)C(F)F. The highest BCUT2D eigenvalue weighted by atomic mass is 32.1. The van der Waals surface area contributed by atoms with Crippen molar-refractivity contribution in [1.82, 2.24) is 0 Å². The van der Waals surface area contributed by atoms with Crippen LogP contribution in [0.15, 0.2) is 5.38 Å². The summed E-state index contributed by atoms with van der Waals surface area (Å²) in [5, 5.41) is 3.04. The number of amides is 1. The molecule has 0 fully saturated rings. The van der Waals surface area contributed by atoms with E-state index in [1.807, 2.05) is 0 Å². The Morgan fingerprint density at radius 2 is 2.00 bits per heavy atom. The Kier molecular flexibility index (Phi) is 4.51. The lowest BCUT2D eigenvalue weighted by Gasteiger charge is -2.15. The van der Waals surface area contributed by atoms with Gasteiger partial charge in [-0.15, -0.1) is 11.3 Å². The Balaban J connectivity index is 3.04. The van der Waals surface area contributed by atoms with Gasteiger partial charge in [0.25, 0.3) is 0 Å². The van der Waals surface area contributed by atoms with E-state index in [1.54, 1.807) is 5.32 Å². The molecular formula is C10H9F4NO3S. The summed E-state index contributed by atoms with van der Waals surface area (Å²) < 4.78 is 54.0. The van der Waals surface area contributed by atoms with Crippen LogP contribution in [0, 0.1) is 6.92 Å². The van der Waals surface area contributed by atoms with Crippen LogP contribution in [0.4, 0.5) is 23.2 Å². The van der Waals surface area contributed by atoms with Crippen molar-refractivity contribution in [2.24, 2.45) is 0 Å². The topological polar surface area (TPSA) is 55.4 Å². The maximum Gasteiger partial charge on any atom is 0.383 e. The Bertz CT molecular complexity index is 501. The maximum atomic E-state index is 12.8. The minimum atomic E-state index is -4.83. The van der Waals surface area contributed by atoms with Crippen molar-refractivity contribution in [2.45, 2.75) is 19.3 Å². The van der Waals surface area contributed by atoms with Gasteiger partial charge in [-0.1, -0.05) is 0 Å². The van der Waals surface area contributed by atoms with E-state index >= 15 is 0 Å². The molecule has 0 atom stereocenters. The molecule has 0 radical (unpaired) electrons. The number of nitrogens with one attached hydrogen (secondary N) is 1. The molecule has 0 saturated heterocycles. The largest absolute Gasteiger partial charge is 0.465 e. The van der Waals surface area contributed by atoms with Gasteiger partial charge in [0.15, 0.2) is 0 Å². The van der Waals surface area contributed by atoms with Gasteiger partial charge in [0.1, 0.15) is 4.88 Å². The van der Waals surface area contributed by atoms with Gasteiger partial charge in [0, 0.05) is 0 Å². The van der Waals surface area contributed by atoms with E-state index in [-0.39, 0.29) is 10.6 Å². The molecule has 4 nitrogen and oxygen atoms in total. The number of alkyl halides is 4. The number of rotatable bonds is 4. The van der Waals surface area contributed by atoms with E-state index in [9.17, 15) is 27.2 Å². The molecule has 19 heavy (non-hydrogen) atoms. The van der Waals surface area contributed by atoms with Gasteiger partial charge >= 0.3 is 24.2 Å². The van der Waals surface area contributed by atoms with Crippen LogP contribution in [-0.4, -0.2) is 31.3 Å². The highest BCUT2D eigenvalue weighted by molar-refractivity contribution is 7.12. The van der Waals surface area contributed by atoms with E-state index in [1.165, 1.54) is 12.3 Å². The lowest BCUT2D eigenvalue weighted by Crippen LogP contribution is -2.41. The first-order chi connectivity index (χ1) is 8.71. The molecule has 0 aliphatic rings. The number of hydrogen-bond donors (Lipinski definition) is 1. The summed E-state index contributed by atoms with van der Waals surface area (Å²) in [5.74, 6) is -7.86. The third kappa shape index (κ3) is 3.03. The zero-order chi connectivity index (χ0) is 14.8. The molecule has 9 heteroatoms. The number of thiophene rings is 1. The van der Waals surface area contributed by atoms with Gasteiger partial charge in [-0.05, 0) is 17.9 Å². The van der Waals surface area contributed by atoms with Gasteiger partial charge < -0.3 is 10.1 Å². The fourth-order valence-corrected chi connectivity index (χ4v) is 2.06. The minimum absolute atomic E-state index is 0.140. The van der Waals surface area contributed by atoms with Crippen molar-refractivity contribution < 1.29 is 31.9 Å². The molecule has 1 aromatic heterocycles.